The topological polar surface area (TPSA) is 34.1 Å². The maximum atomic E-state index is 5.91. The van der Waals surface area contributed by atoms with Crippen LogP contribution in [0.3, 0.4) is 0 Å². The zero-order valence-corrected chi connectivity index (χ0v) is 13.9. The summed E-state index contributed by atoms with van der Waals surface area (Å²) in [6.45, 7) is 1.21. The van der Waals surface area contributed by atoms with Crippen LogP contribution in [0.4, 0.5) is 0 Å². The van der Waals surface area contributed by atoms with Crippen LogP contribution in [0.25, 0.3) is 0 Å². The van der Waals surface area contributed by atoms with E-state index >= 15 is 0 Å². The number of para-hydroxylation sites is 1. The SMILES string of the molecule is COc1cccc2c1OCN(Cc1ccccc1)/C2=N\CBr. The second kappa shape index (κ2) is 6.83. The van der Waals surface area contributed by atoms with E-state index in [1.165, 1.54) is 5.56 Å². The summed E-state index contributed by atoms with van der Waals surface area (Å²) in [6.07, 6.45) is 0. The van der Waals surface area contributed by atoms with Crippen LogP contribution < -0.4 is 9.47 Å². The van der Waals surface area contributed by atoms with Crippen LogP contribution in [0.2, 0.25) is 0 Å². The Morgan fingerprint density at radius 2 is 2.00 bits per heavy atom. The van der Waals surface area contributed by atoms with Gasteiger partial charge in [-0.15, -0.1) is 0 Å². The van der Waals surface area contributed by atoms with Crippen molar-refractivity contribution in [1.82, 2.24) is 4.90 Å². The van der Waals surface area contributed by atoms with Gasteiger partial charge in [-0.25, -0.2) is 0 Å². The number of alkyl halides is 1. The molecule has 2 aromatic carbocycles. The molecule has 0 bridgehead atoms. The van der Waals surface area contributed by atoms with Crippen molar-refractivity contribution in [2.45, 2.75) is 6.54 Å². The average molecular weight is 361 g/mol. The molecule has 4 nitrogen and oxygen atoms in total. The van der Waals surface area contributed by atoms with Gasteiger partial charge in [0.25, 0.3) is 0 Å². The quantitative estimate of drug-likeness (QED) is 0.616. The molecule has 0 saturated heterocycles. The highest BCUT2D eigenvalue weighted by atomic mass is 79.9. The molecule has 5 heteroatoms. The fourth-order valence-corrected chi connectivity index (χ4v) is 2.78. The number of hydrogen-bond acceptors (Lipinski definition) is 3. The van der Waals surface area contributed by atoms with Gasteiger partial charge in [-0.3, -0.25) is 4.99 Å². The lowest BCUT2D eigenvalue weighted by Gasteiger charge is -2.32. The second-order valence-electron chi connectivity index (χ2n) is 4.90. The fraction of sp³-hybridized carbons (Fsp3) is 0.235. The monoisotopic (exact) mass is 360 g/mol. The van der Waals surface area contributed by atoms with Gasteiger partial charge in [-0.2, -0.15) is 0 Å². The Balaban J connectivity index is 1.95. The zero-order valence-electron chi connectivity index (χ0n) is 12.3. The maximum Gasteiger partial charge on any atom is 0.174 e. The predicted octanol–water partition coefficient (Wildman–Crippen LogP) is 3.65. The molecule has 0 amide bonds. The molecule has 0 fully saturated rings. The molecule has 0 N–H and O–H groups in total. The molecule has 0 radical (unpaired) electrons. The summed E-state index contributed by atoms with van der Waals surface area (Å²) in [4.78, 5) is 6.73. The van der Waals surface area contributed by atoms with Gasteiger partial charge in [-0.05, 0) is 17.7 Å². The van der Waals surface area contributed by atoms with Gasteiger partial charge in [-0.1, -0.05) is 52.3 Å². The summed E-state index contributed by atoms with van der Waals surface area (Å²) in [5, 5.41) is 0. The molecule has 0 saturated carbocycles. The molecular formula is C17H17BrN2O2. The molecule has 0 atom stereocenters. The van der Waals surface area contributed by atoms with Crippen molar-refractivity contribution in [3.63, 3.8) is 0 Å². The van der Waals surface area contributed by atoms with E-state index in [0.29, 0.717) is 12.2 Å². The minimum absolute atomic E-state index is 0.452. The van der Waals surface area contributed by atoms with Gasteiger partial charge >= 0.3 is 0 Å². The van der Waals surface area contributed by atoms with Gasteiger partial charge in [0.2, 0.25) is 0 Å². The number of methoxy groups -OCH3 is 1. The molecule has 1 aliphatic heterocycles. The first-order valence-electron chi connectivity index (χ1n) is 7.03. The Morgan fingerprint density at radius 1 is 1.18 bits per heavy atom. The van der Waals surface area contributed by atoms with Crippen LogP contribution in [0.15, 0.2) is 53.5 Å². The number of nitrogens with zero attached hydrogens (tertiary/aromatic N) is 2. The third-order valence-corrected chi connectivity index (χ3v) is 3.78. The van der Waals surface area contributed by atoms with Crippen LogP contribution in [0, 0.1) is 0 Å². The summed E-state index contributed by atoms with van der Waals surface area (Å²) in [6, 6.07) is 16.2. The fourth-order valence-electron chi connectivity index (χ4n) is 2.54. The number of aliphatic imine (C=N–C) groups is 1. The van der Waals surface area contributed by atoms with Crippen molar-refractivity contribution in [2.75, 3.05) is 19.3 Å². The van der Waals surface area contributed by atoms with E-state index in [2.05, 4.69) is 38.0 Å². The number of rotatable bonds is 4. The van der Waals surface area contributed by atoms with Gasteiger partial charge in [0, 0.05) is 6.54 Å². The van der Waals surface area contributed by atoms with Crippen molar-refractivity contribution in [2.24, 2.45) is 4.99 Å². The second-order valence-corrected chi connectivity index (χ2v) is 5.40. The van der Waals surface area contributed by atoms with E-state index in [4.69, 9.17) is 9.47 Å². The number of amidine groups is 1. The number of benzene rings is 2. The highest BCUT2D eigenvalue weighted by Gasteiger charge is 2.26. The van der Waals surface area contributed by atoms with Crippen molar-refractivity contribution in [3.05, 3.63) is 59.7 Å². The smallest absolute Gasteiger partial charge is 0.174 e. The van der Waals surface area contributed by atoms with Crippen LogP contribution in [-0.4, -0.2) is 30.0 Å². The normalized spacial score (nSPS) is 15.4. The van der Waals surface area contributed by atoms with Crippen LogP contribution in [0.1, 0.15) is 11.1 Å². The predicted molar refractivity (Wildman–Crippen MR) is 90.8 cm³/mol. The zero-order chi connectivity index (χ0) is 15.4. The third-order valence-electron chi connectivity index (χ3n) is 3.53. The van der Waals surface area contributed by atoms with Crippen molar-refractivity contribution < 1.29 is 9.47 Å². The molecule has 3 rings (SSSR count). The molecule has 0 aliphatic carbocycles. The molecule has 2 aromatic rings. The summed E-state index contributed by atoms with van der Waals surface area (Å²) >= 11 is 3.40. The minimum atomic E-state index is 0.452. The van der Waals surface area contributed by atoms with E-state index < -0.39 is 0 Å². The van der Waals surface area contributed by atoms with Crippen molar-refractivity contribution in [3.8, 4) is 11.5 Å². The third kappa shape index (κ3) is 2.95. The van der Waals surface area contributed by atoms with E-state index in [0.717, 1.165) is 29.4 Å². The molecule has 1 aliphatic rings. The van der Waals surface area contributed by atoms with E-state index in [1.54, 1.807) is 7.11 Å². The lowest BCUT2D eigenvalue weighted by atomic mass is 10.1. The first kappa shape index (κ1) is 14.9. The Bertz CT molecular complexity index is 674. The summed E-state index contributed by atoms with van der Waals surface area (Å²) in [5.41, 5.74) is 2.73. The van der Waals surface area contributed by atoms with E-state index in [-0.39, 0.29) is 0 Å². The summed E-state index contributed by atoms with van der Waals surface area (Å²) in [5.74, 6) is 2.41. The highest BCUT2D eigenvalue weighted by Crippen LogP contribution is 2.35. The molecule has 22 heavy (non-hydrogen) atoms. The average Bonchev–Trinajstić information content (AvgIpc) is 2.57. The van der Waals surface area contributed by atoms with Gasteiger partial charge in [0.05, 0.1) is 18.1 Å². The van der Waals surface area contributed by atoms with Gasteiger partial charge in [0.1, 0.15) is 5.84 Å². The molecule has 1 heterocycles. The lowest BCUT2D eigenvalue weighted by Crippen LogP contribution is -2.39. The van der Waals surface area contributed by atoms with Crippen LogP contribution >= 0.6 is 15.9 Å². The molecule has 114 valence electrons. The van der Waals surface area contributed by atoms with Gasteiger partial charge in [0.15, 0.2) is 18.2 Å². The largest absolute Gasteiger partial charge is 0.493 e. The van der Waals surface area contributed by atoms with Crippen molar-refractivity contribution >= 4 is 21.8 Å². The van der Waals surface area contributed by atoms with Gasteiger partial charge < -0.3 is 14.4 Å². The highest BCUT2D eigenvalue weighted by molar-refractivity contribution is 9.09. The minimum Gasteiger partial charge on any atom is -0.493 e. The standard InChI is InChI=1S/C17H17BrN2O2/c1-21-15-9-5-8-14-16(15)22-12-20(17(14)19-11-18)10-13-6-3-2-4-7-13/h2-9H,10-12H2,1H3/b19-17-. The molecule has 0 aromatic heterocycles. The lowest BCUT2D eigenvalue weighted by molar-refractivity contribution is 0.168. The Hall–Kier alpha value is -2.01. The number of ether oxygens (including phenoxy) is 2. The summed E-state index contributed by atoms with van der Waals surface area (Å²) in [7, 11) is 1.65. The van der Waals surface area contributed by atoms with Crippen LogP contribution in [-0.2, 0) is 6.54 Å². The maximum absolute atomic E-state index is 5.91. The Labute approximate surface area is 138 Å². The molecular weight excluding hydrogens is 344 g/mol. The number of fused-ring (bicyclic) bond motifs is 1. The molecule has 0 spiro atoms. The first-order valence-corrected chi connectivity index (χ1v) is 8.15. The van der Waals surface area contributed by atoms with Crippen LogP contribution in [0.5, 0.6) is 11.5 Å². The van der Waals surface area contributed by atoms with Crippen molar-refractivity contribution in [1.29, 1.82) is 0 Å². The summed E-state index contributed by atoms with van der Waals surface area (Å²) < 4.78 is 11.3. The molecule has 0 unspecified atom stereocenters. The number of halogens is 1. The Kier molecular flexibility index (Phi) is 4.63. The number of hydrogen-bond donors (Lipinski definition) is 0. The van der Waals surface area contributed by atoms with E-state index in [9.17, 15) is 0 Å². The first-order chi connectivity index (χ1) is 10.8. The van der Waals surface area contributed by atoms with E-state index in [1.807, 2.05) is 36.4 Å². The Morgan fingerprint density at radius 3 is 2.73 bits per heavy atom.